The van der Waals surface area contributed by atoms with Crippen molar-refractivity contribution >= 4 is 5.82 Å². The van der Waals surface area contributed by atoms with E-state index >= 15 is 0 Å². The Bertz CT molecular complexity index is 485. The largest absolute Gasteiger partial charge is 0.367 e. The van der Waals surface area contributed by atoms with Gasteiger partial charge in [-0.25, -0.2) is 9.97 Å². The SMILES string of the molecule is CC(Nc1ncnc2c1CCC2)C1CC2CCC1C2. The molecule has 1 heterocycles. The molecule has 1 N–H and O–H groups in total. The Kier molecular flexibility index (Phi) is 2.75. The number of aryl methyl sites for hydroxylation is 1. The van der Waals surface area contributed by atoms with Crippen LogP contribution in [0.25, 0.3) is 0 Å². The predicted octanol–water partition coefficient (Wildman–Crippen LogP) is 3.20. The summed E-state index contributed by atoms with van der Waals surface area (Å²) in [4.78, 5) is 8.91. The van der Waals surface area contributed by atoms with E-state index < -0.39 is 0 Å². The molecule has 0 spiro atoms. The molecule has 2 bridgehead atoms. The lowest BCUT2D eigenvalue weighted by molar-refractivity contribution is 0.304. The summed E-state index contributed by atoms with van der Waals surface area (Å²) in [5.74, 6) is 3.99. The third-order valence-electron chi connectivity index (χ3n) is 5.67. The number of hydrogen-bond donors (Lipinski definition) is 1. The Morgan fingerprint density at radius 1 is 1.21 bits per heavy atom. The lowest BCUT2D eigenvalue weighted by atomic mass is 9.84. The van der Waals surface area contributed by atoms with E-state index in [4.69, 9.17) is 0 Å². The van der Waals surface area contributed by atoms with E-state index in [9.17, 15) is 0 Å². The van der Waals surface area contributed by atoms with Gasteiger partial charge in [-0.1, -0.05) is 6.42 Å². The minimum atomic E-state index is 0.565. The molecule has 0 aromatic carbocycles. The van der Waals surface area contributed by atoms with Crippen LogP contribution in [0.4, 0.5) is 5.82 Å². The molecule has 2 fully saturated rings. The van der Waals surface area contributed by atoms with Crippen LogP contribution in [0.2, 0.25) is 0 Å². The maximum absolute atomic E-state index is 4.50. The highest BCUT2D eigenvalue weighted by atomic mass is 15.0. The van der Waals surface area contributed by atoms with Gasteiger partial charge in [-0.2, -0.15) is 0 Å². The van der Waals surface area contributed by atoms with E-state index in [1.807, 2.05) is 0 Å². The van der Waals surface area contributed by atoms with Gasteiger partial charge in [0.1, 0.15) is 12.1 Å². The number of nitrogens with zero attached hydrogens (tertiary/aromatic N) is 2. The Morgan fingerprint density at radius 2 is 2.16 bits per heavy atom. The fourth-order valence-corrected chi connectivity index (χ4v) is 4.71. The highest BCUT2D eigenvalue weighted by molar-refractivity contribution is 5.48. The van der Waals surface area contributed by atoms with Crippen molar-refractivity contribution in [2.75, 3.05) is 5.32 Å². The second-order valence-electron chi connectivity index (χ2n) is 6.77. The summed E-state index contributed by atoms with van der Waals surface area (Å²) in [6.07, 6.45) is 11.1. The molecule has 0 aliphatic heterocycles. The molecule has 4 atom stereocenters. The van der Waals surface area contributed by atoms with Crippen molar-refractivity contribution in [3.63, 3.8) is 0 Å². The van der Waals surface area contributed by atoms with Crippen molar-refractivity contribution in [1.29, 1.82) is 0 Å². The molecule has 3 aliphatic rings. The fraction of sp³-hybridized carbons (Fsp3) is 0.750. The summed E-state index contributed by atoms with van der Waals surface area (Å²) in [6.45, 7) is 2.36. The van der Waals surface area contributed by atoms with Gasteiger partial charge in [0.25, 0.3) is 0 Å². The molecule has 3 nitrogen and oxygen atoms in total. The molecule has 3 aliphatic carbocycles. The molecule has 4 unspecified atom stereocenters. The van der Waals surface area contributed by atoms with Crippen molar-refractivity contribution in [2.45, 2.75) is 57.9 Å². The van der Waals surface area contributed by atoms with Crippen LogP contribution in [0.5, 0.6) is 0 Å². The van der Waals surface area contributed by atoms with Gasteiger partial charge >= 0.3 is 0 Å². The Labute approximate surface area is 115 Å². The summed E-state index contributed by atoms with van der Waals surface area (Å²) in [5, 5.41) is 3.72. The van der Waals surface area contributed by atoms with Crippen LogP contribution in [0.3, 0.4) is 0 Å². The Hall–Kier alpha value is -1.12. The van der Waals surface area contributed by atoms with Gasteiger partial charge in [0, 0.05) is 17.3 Å². The number of aromatic nitrogens is 2. The van der Waals surface area contributed by atoms with E-state index in [-0.39, 0.29) is 0 Å². The zero-order valence-electron chi connectivity index (χ0n) is 11.7. The molecule has 19 heavy (non-hydrogen) atoms. The van der Waals surface area contributed by atoms with E-state index in [1.54, 1.807) is 6.33 Å². The quantitative estimate of drug-likeness (QED) is 0.903. The van der Waals surface area contributed by atoms with Crippen LogP contribution in [-0.2, 0) is 12.8 Å². The Morgan fingerprint density at radius 3 is 2.95 bits per heavy atom. The molecule has 0 saturated heterocycles. The average Bonchev–Trinajstić information content (AvgIpc) is 3.14. The van der Waals surface area contributed by atoms with Gasteiger partial charge in [0.05, 0.1) is 0 Å². The second kappa shape index (κ2) is 4.46. The van der Waals surface area contributed by atoms with Gasteiger partial charge in [0.15, 0.2) is 0 Å². The average molecular weight is 257 g/mol. The molecule has 2 saturated carbocycles. The smallest absolute Gasteiger partial charge is 0.133 e. The van der Waals surface area contributed by atoms with E-state index in [0.717, 1.165) is 36.4 Å². The molecule has 0 radical (unpaired) electrons. The zero-order valence-corrected chi connectivity index (χ0v) is 11.7. The molecule has 0 amide bonds. The first kappa shape index (κ1) is 11.7. The summed E-state index contributed by atoms with van der Waals surface area (Å²) < 4.78 is 0. The standard InChI is InChI=1S/C16H23N3/c1-10(14-8-11-5-6-12(14)7-11)19-16-13-3-2-4-15(13)17-9-18-16/h9-12,14H,2-8H2,1H3,(H,17,18,19). The van der Waals surface area contributed by atoms with E-state index in [0.29, 0.717) is 6.04 Å². The van der Waals surface area contributed by atoms with Gasteiger partial charge in [-0.3, -0.25) is 0 Å². The van der Waals surface area contributed by atoms with Crippen LogP contribution >= 0.6 is 0 Å². The van der Waals surface area contributed by atoms with Gasteiger partial charge in [-0.15, -0.1) is 0 Å². The first-order valence-electron chi connectivity index (χ1n) is 7.90. The van der Waals surface area contributed by atoms with E-state index in [1.165, 1.54) is 43.4 Å². The molecule has 102 valence electrons. The second-order valence-corrected chi connectivity index (χ2v) is 6.77. The first-order chi connectivity index (χ1) is 9.31. The molecule has 1 aromatic heterocycles. The lowest BCUT2D eigenvalue weighted by Gasteiger charge is -2.29. The van der Waals surface area contributed by atoms with Crippen molar-refractivity contribution in [1.82, 2.24) is 9.97 Å². The third-order valence-corrected chi connectivity index (χ3v) is 5.67. The van der Waals surface area contributed by atoms with Crippen LogP contribution in [0.1, 0.15) is 50.3 Å². The fourth-order valence-electron chi connectivity index (χ4n) is 4.71. The normalized spacial score (nSPS) is 33.4. The molecular weight excluding hydrogens is 234 g/mol. The molecular formula is C16H23N3. The summed E-state index contributed by atoms with van der Waals surface area (Å²) in [5.41, 5.74) is 2.66. The van der Waals surface area contributed by atoms with Gasteiger partial charge in [0.2, 0.25) is 0 Å². The maximum Gasteiger partial charge on any atom is 0.133 e. The maximum atomic E-state index is 4.50. The highest BCUT2D eigenvalue weighted by Gasteiger charge is 2.42. The van der Waals surface area contributed by atoms with E-state index in [2.05, 4.69) is 22.2 Å². The minimum Gasteiger partial charge on any atom is -0.367 e. The van der Waals surface area contributed by atoms with Crippen LogP contribution < -0.4 is 5.32 Å². The number of fused-ring (bicyclic) bond motifs is 3. The van der Waals surface area contributed by atoms with Crippen molar-refractivity contribution in [2.24, 2.45) is 17.8 Å². The zero-order chi connectivity index (χ0) is 12.8. The van der Waals surface area contributed by atoms with Gasteiger partial charge < -0.3 is 5.32 Å². The van der Waals surface area contributed by atoms with Crippen molar-refractivity contribution in [3.8, 4) is 0 Å². The summed E-state index contributed by atoms with van der Waals surface area (Å²) in [6, 6.07) is 0.565. The summed E-state index contributed by atoms with van der Waals surface area (Å²) >= 11 is 0. The predicted molar refractivity (Wildman–Crippen MR) is 76.1 cm³/mol. The minimum absolute atomic E-state index is 0.565. The highest BCUT2D eigenvalue weighted by Crippen LogP contribution is 2.49. The third kappa shape index (κ3) is 1.94. The lowest BCUT2D eigenvalue weighted by Crippen LogP contribution is -2.30. The van der Waals surface area contributed by atoms with Crippen LogP contribution in [0, 0.1) is 17.8 Å². The number of rotatable bonds is 3. The summed E-state index contributed by atoms with van der Waals surface area (Å²) in [7, 11) is 0. The Balaban J connectivity index is 1.51. The molecule has 1 aromatic rings. The van der Waals surface area contributed by atoms with Crippen molar-refractivity contribution < 1.29 is 0 Å². The monoisotopic (exact) mass is 257 g/mol. The topological polar surface area (TPSA) is 37.8 Å². The molecule has 3 heteroatoms. The first-order valence-corrected chi connectivity index (χ1v) is 7.90. The molecule has 4 rings (SSSR count). The van der Waals surface area contributed by atoms with Gasteiger partial charge in [-0.05, 0) is 63.2 Å². The number of anilines is 1. The van der Waals surface area contributed by atoms with Crippen molar-refractivity contribution in [3.05, 3.63) is 17.6 Å². The number of nitrogens with one attached hydrogen (secondary N) is 1. The number of hydrogen-bond acceptors (Lipinski definition) is 3. The van der Waals surface area contributed by atoms with Crippen LogP contribution in [0.15, 0.2) is 6.33 Å². The van der Waals surface area contributed by atoms with Crippen LogP contribution in [-0.4, -0.2) is 16.0 Å².